The number of hydrogen-bond donors (Lipinski definition) is 1. The van der Waals surface area contributed by atoms with Crippen LogP contribution in [0.15, 0.2) is 18.2 Å². The number of rotatable bonds is 5. The van der Waals surface area contributed by atoms with Crippen LogP contribution in [-0.2, 0) is 22.6 Å². The van der Waals surface area contributed by atoms with E-state index in [1.165, 1.54) is 25.7 Å². The number of fused-ring (bicyclic) bond motifs is 1. The molecule has 0 spiro atoms. The highest BCUT2D eigenvalue weighted by Crippen LogP contribution is 2.25. The lowest BCUT2D eigenvalue weighted by Crippen LogP contribution is -2.41. The molecule has 1 saturated heterocycles. The number of ether oxygens (including phenoxy) is 1. The lowest BCUT2D eigenvalue weighted by molar-refractivity contribution is -0.133. The molecule has 142 valence electrons. The standard InChI is InChI=1S/C20H29N3O3/c21-19(24)8-6-16-5-7-18-17(13-16)14-23(11-12-26-18)20(25)15-22-9-3-1-2-4-10-22/h5,7,13H,1-4,6,8-12,14-15H2,(H2,21,24). The molecule has 6 nitrogen and oxygen atoms in total. The van der Waals surface area contributed by atoms with Crippen molar-refractivity contribution in [1.29, 1.82) is 0 Å². The minimum atomic E-state index is -0.301. The van der Waals surface area contributed by atoms with E-state index in [2.05, 4.69) is 4.90 Å². The molecule has 0 unspecified atom stereocenters. The summed E-state index contributed by atoms with van der Waals surface area (Å²) in [5.74, 6) is 0.703. The van der Waals surface area contributed by atoms with Gasteiger partial charge in [0.05, 0.1) is 13.1 Å². The van der Waals surface area contributed by atoms with Crippen LogP contribution in [0, 0.1) is 0 Å². The van der Waals surface area contributed by atoms with Crippen molar-refractivity contribution in [3.63, 3.8) is 0 Å². The molecule has 1 aromatic carbocycles. The summed E-state index contributed by atoms with van der Waals surface area (Å²) in [5.41, 5.74) is 7.30. The second-order valence-corrected chi connectivity index (χ2v) is 7.26. The number of carbonyl (C=O) groups excluding carboxylic acids is 2. The van der Waals surface area contributed by atoms with Crippen LogP contribution in [-0.4, -0.2) is 54.4 Å². The summed E-state index contributed by atoms with van der Waals surface area (Å²) in [6.45, 7) is 4.22. The molecular weight excluding hydrogens is 330 g/mol. The Morgan fingerprint density at radius 3 is 2.58 bits per heavy atom. The van der Waals surface area contributed by atoms with Crippen LogP contribution in [0.5, 0.6) is 5.75 Å². The molecule has 0 bridgehead atoms. The van der Waals surface area contributed by atoms with Crippen LogP contribution in [0.4, 0.5) is 0 Å². The highest BCUT2D eigenvalue weighted by Gasteiger charge is 2.22. The molecule has 6 heteroatoms. The first-order valence-electron chi connectivity index (χ1n) is 9.65. The Morgan fingerprint density at radius 1 is 1.08 bits per heavy atom. The van der Waals surface area contributed by atoms with Crippen LogP contribution < -0.4 is 10.5 Å². The highest BCUT2D eigenvalue weighted by molar-refractivity contribution is 5.78. The summed E-state index contributed by atoms with van der Waals surface area (Å²) in [7, 11) is 0. The number of nitrogens with zero attached hydrogens (tertiary/aromatic N) is 2. The summed E-state index contributed by atoms with van der Waals surface area (Å²) in [6, 6.07) is 5.95. The van der Waals surface area contributed by atoms with Crippen LogP contribution in [0.3, 0.4) is 0 Å². The average molecular weight is 359 g/mol. The van der Waals surface area contributed by atoms with E-state index in [4.69, 9.17) is 10.5 Å². The zero-order chi connectivity index (χ0) is 18.4. The van der Waals surface area contributed by atoms with Crippen molar-refractivity contribution in [1.82, 2.24) is 9.80 Å². The van der Waals surface area contributed by atoms with Gasteiger partial charge in [0, 0.05) is 18.5 Å². The third-order valence-electron chi connectivity index (χ3n) is 5.18. The van der Waals surface area contributed by atoms with Gasteiger partial charge in [-0.1, -0.05) is 25.0 Å². The number of benzene rings is 1. The lowest BCUT2D eigenvalue weighted by Gasteiger charge is -2.25. The molecule has 0 radical (unpaired) electrons. The van der Waals surface area contributed by atoms with E-state index < -0.39 is 0 Å². The van der Waals surface area contributed by atoms with E-state index in [0.29, 0.717) is 39.1 Å². The van der Waals surface area contributed by atoms with Gasteiger partial charge in [-0.15, -0.1) is 0 Å². The molecule has 2 aliphatic heterocycles. The van der Waals surface area contributed by atoms with Crippen LogP contribution in [0.2, 0.25) is 0 Å². The molecule has 2 aliphatic rings. The van der Waals surface area contributed by atoms with E-state index in [-0.39, 0.29) is 11.8 Å². The van der Waals surface area contributed by atoms with E-state index in [1.54, 1.807) is 0 Å². The first kappa shape index (κ1) is 18.7. The molecule has 2 N–H and O–H groups in total. The average Bonchev–Trinajstić information content (AvgIpc) is 3.00. The maximum absolute atomic E-state index is 12.8. The number of amides is 2. The molecule has 0 aliphatic carbocycles. The van der Waals surface area contributed by atoms with Crippen LogP contribution >= 0.6 is 0 Å². The van der Waals surface area contributed by atoms with Crippen LogP contribution in [0.1, 0.15) is 43.2 Å². The van der Waals surface area contributed by atoms with Crippen molar-refractivity contribution in [2.24, 2.45) is 5.73 Å². The first-order chi connectivity index (χ1) is 12.6. The quantitative estimate of drug-likeness (QED) is 0.868. The normalized spacial score (nSPS) is 18.4. The van der Waals surface area contributed by atoms with E-state index in [1.807, 2.05) is 23.1 Å². The third kappa shape index (κ3) is 5.21. The van der Waals surface area contributed by atoms with Gasteiger partial charge >= 0.3 is 0 Å². The predicted molar refractivity (Wildman–Crippen MR) is 99.8 cm³/mol. The Hall–Kier alpha value is -2.08. The van der Waals surface area contributed by atoms with E-state index >= 15 is 0 Å². The van der Waals surface area contributed by atoms with Crippen molar-refractivity contribution in [2.75, 3.05) is 32.8 Å². The van der Waals surface area contributed by atoms with Gasteiger partial charge in [0.1, 0.15) is 12.4 Å². The van der Waals surface area contributed by atoms with Crippen LogP contribution in [0.25, 0.3) is 0 Å². The first-order valence-corrected chi connectivity index (χ1v) is 9.65. The smallest absolute Gasteiger partial charge is 0.237 e. The van der Waals surface area contributed by atoms with Gasteiger partial charge < -0.3 is 15.4 Å². The Morgan fingerprint density at radius 2 is 1.85 bits per heavy atom. The molecule has 0 atom stereocenters. The zero-order valence-electron chi connectivity index (χ0n) is 15.4. The summed E-state index contributed by atoms with van der Waals surface area (Å²) in [5, 5.41) is 0. The van der Waals surface area contributed by atoms with E-state index in [0.717, 1.165) is 30.0 Å². The summed E-state index contributed by atoms with van der Waals surface area (Å²) < 4.78 is 5.82. The summed E-state index contributed by atoms with van der Waals surface area (Å²) in [6.07, 6.45) is 5.85. The Kier molecular flexibility index (Phi) is 6.50. The molecular formula is C20H29N3O3. The maximum Gasteiger partial charge on any atom is 0.237 e. The predicted octanol–water partition coefficient (Wildman–Crippen LogP) is 1.70. The van der Waals surface area contributed by atoms with Gasteiger partial charge in [0.15, 0.2) is 0 Å². The minimum absolute atomic E-state index is 0.172. The molecule has 2 amide bonds. The Labute approximate surface area is 155 Å². The number of hydrogen-bond acceptors (Lipinski definition) is 4. The Balaban J connectivity index is 1.64. The highest BCUT2D eigenvalue weighted by atomic mass is 16.5. The fourth-order valence-electron chi connectivity index (χ4n) is 3.67. The topological polar surface area (TPSA) is 75.9 Å². The van der Waals surface area contributed by atoms with Gasteiger partial charge in [0.25, 0.3) is 0 Å². The van der Waals surface area contributed by atoms with Crippen molar-refractivity contribution < 1.29 is 14.3 Å². The maximum atomic E-state index is 12.8. The van der Waals surface area contributed by atoms with Crippen molar-refractivity contribution >= 4 is 11.8 Å². The van der Waals surface area contributed by atoms with Crippen molar-refractivity contribution in [3.05, 3.63) is 29.3 Å². The molecule has 2 heterocycles. The van der Waals surface area contributed by atoms with Gasteiger partial charge in [0.2, 0.25) is 11.8 Å². The molecule has 0 saturated carbocycles. The van der Waals surface area contributed by atoms with Gasteiger partial charge in [-0.25, -0.2) is 0 Å². The third-order valence-corrected chi connectivity index (χ3v) is 5.18. The number of aryl methyl sites for hydroxylation is 1. The molecule has 3 rings (SSSR count). The summed E-state index contributed by atoms with van der Waals surface area (Å²) in [4.78, 5) is 28.0. The lowest BCUT2D eigenvalue weighted by atomic mass is 10.0. The molecule has 1 aromatic rings. The largest absolute Gasteiger partial charge is 0.491 e. The number of carbonyl (C=O) groups is 2. The monoisotopic (exact) mass is 359 g/mol. The second-order valence-electron chi connectivity index (χ2n) is 7.26. The number of likely N-dealkylation sites (tertiary alicyclic amines) is 1. The zero-order valence-corrected chi connectivity index (χ0v) is 15.4. The fraction of sp³-hybridized carbons (Fsp3) is 0.600. The van der Waals surface area contributed by atoms with Crippen molar-refractivity contribution in [3.8, 4) is 5.75 Å². The Bertz CT molecular complexity index is 639. The van der Waals surface area contributed by atoms with Crippen molar-refractivity contribution in [2.45, 2.75) is 45.1 Å². The fourth-order valence-corrected chi connectivity index (χ4v) is 3.67. The molecule has 26 heavy (non-hydrogen) atoms. The van der Waals surface area contributed by atoms with E-state index in [9.17, 15) is 9.59 Å². The van der Waals surface area contributed by atoms with Gasteiger partial charge in [-0.2, -0.15) is 0 Å². The number of primary amides is 1. The molecule has 1 fully saturated rings. The number of nitrogens with two attached hydrogens (primary N) is 1. The summed E-state index contributed by atoms with van der Waals surface area (Å²) >= 11 is 0. The SMILES string of the molecule is NC(=O)CCc1ccc2c(c1)CN(C(=O)CN1CCCCCC1)CCO2. The minimum Gasteiger partial charge on any atom is -0.491 e. The van der Waals surface area contributed by atoms with Gasteiger partial charge in [-0.05, 0) is 44.0 Å². The van der Waals surface area contributed by atoms with Gasteiger partial charge in [-0.3, -0.25) is 14.5 Å². The second kappa shape index (κ2) is 9.03. The molecule has 0 aromatic heterocycles.